The highest BCUT2D eigenvalue weighted by Gasteiger charge is 2.40. The summed E-state index contributed by atoms with van der Waals surface area (Å²) in [6.45, 7) is 2.51. The molecule has 0 aromatic rings. The fourth-order valence-corrected chi connectivity index (χ4v) is 2.68. The molecule has 130 valence electrons. The van der Waals surface area contributed by atoms with Crippen molar-refractivity contribution in [1.29, 1.82) is 0 Å². The van der Waals surface area contributed by atoms with Crippen LogP contribution in [0.3, 0.4) is 0 Å². The Labute approximate surface area is 133 Å². The maximum absolute atomic E-state index is 9.97. The van der Waals surface area contributed by atoms with Crippen LogP contribution in [0.2, 0.25) is 0 Å². The van der Waals surface area contributed by atoms with Crippen LogP contribution in [0.15, 0.2) is 12.2 Å². The first-order valence-electron chi connectivity index (χ1n) is 8.52. The zero-order chi connectivity index (χ0) is 16.2. The molecule has 1 aliphatic rings. The van der Waals surface area contributed by atoms with E-state index >= 15 is 0 Å². The maximum Gasteiger partial charge on any atom is 0.114 e. The van der Waals surface area contributed by atoms with Gasteiger partial charge in [0.1, 0.15) is 24.4 Å². The summed E-state index contributed by atoms with van der Waals surface area (Å²) in [5.41, 5.74) is 0. The standard InChI is InChI=1S/C17H32O5/c1-2-3-4-5-6-7-8-9-10-11-21-15-13-22-17(16(15)20)14(19)12-18/h2-3,14-20H,4-13H2,1H3/b3-2+/t14-,15+,16-,17-/m0/s1. The second kappa shape index (κ2) is 12.0. The van der Waals surface area contributed by atoms with Crippen LogP contribution in [-0.4, -0.2) is 59.6 Å². The number of ether oxygens (including phenoxy) is 2. The third kappa shape index (κ3) is 7.20. The molecule has 0 unspecified atom stereocenters. The minimum atomic E-state index is -1.05. The van der Waals surface area contributed by atoms with Crippen molar-refractivity contribution in [3.8, 4) is 0 Å². The third-order valence-corrected chi connectivity index (χ3v) is 4.07. The van der Waals surface area contributed by atoms with Crippen LogP contribution in [0.1, 0.15) is 51.9 Å². The summed E-state index contributed by atoms with van der Waals surface area (Å²) in [7, 11) is 0. The van der Waals surface area contributed by atoms with Crippen molar-refractivity contribution in [3.05, 3.63) is 12.2 Å². The molecule has 1 fully saturated rings. The lowest BCUT2D eigenvalue weighted by atomic mass is 10.1. The molecule has 1 aliphatic heterocycles. The number of unbranched alkanes of at least 4 members (excludes halogenated alkanes) is 6. The Morgan fingerprint density at radius 2 is 1.86 bits per heavy atom. The lowest BCUT2D eigenvalue weighted by Gasteiger charge is -2.20. The summed E-state index contributed by atoms with van der Waals surface area (Å²) in [5, 5.41) is 28.3. The normalized spacial score (nSPS) is 26.8. The molecule has 1 rings (SSSR count). The number of hydrogen-bond acceptors (Lipinski definition) is 5. The van der Waals surface area contributed by atoms with Gasteiger partial charge >= 0.3 is 0 Å². The van der Waals surface area contributed by atoms with Crippen LogP contribution >= 0.6 is 0 Å². The van der Waals surface area contributed by atoms with Gasteiger partial charge in [0, 0.05) is 6.61 Å². The van der Waals surface area contributed by atoms with Gasteiger partial charge in [-0.2, -0.15) is 0 Å². The van der Waals surface area contributed by atoms with Gasteiger partial charge in [-0.1, -0.05) is 37.8 Å². The fourth-order valence-electron chi connectivity index (χ4n) is 2.68. The highest BCUT2D eigenvalue weighted by molar-refractivity contribution is 4.88. The van der Waals surface area contributed by atoms with E-state index in [0.29, 0.717) is 6.61 Å². The number of rotatable bonds is 12. The first-order chi connectivity index (χ1) is 10.7. The van der Waals surface area contributed by atoms with E-state index in [2.05, 4.69) is 19.1 Å². The monoisotopic (exact) mass is 316 g/mol. The first-order valence-corrected chi connectivity index (χ1v) is 8.52. The Balaban J connectivity index is 1.97. The van der Waals surface area contributed by atoms with E-state index in [1.807, 2.05) is 0 Å². The largest absolute Gasteiger partial charge is 0.394 e. The molecule has 0 saturated carbocycles. The van der Waals surface area contributed by atoms with Crippen molar-refractivity contribution in [1.82, 2.24) is 0 Å². The molecule has 0 aliphatic carbocycles. The van der Waals surface area contributed by atoms with Gasteiger partial charge in [-0.25, -0.2) is 0 Å². The first kappa shape index (κ1) is 19.6. The molecular weight excluding hydrogens is 284 g/mol. The minimum absolute atomic E-state index is 0.272. The van der Waals surface area contributed by atoms with Gasteiger partial charge in [0.25, 0.3) is 0 Å². The van der Waals surface area contributed by atoms with Gasteiger partial charge in [-0.3, -0.25) is 0 Å². The van der Waals surface area contributed by atoms with E-state index in [-0.39, 0.29) is 6.61 Å². The molecule has 0 amide bonds. The van der Waals surface area contributed by atoms with Crippen molar-refractivity contribution in [2.45, 2.75) is 76.3 Å². The molecule has 1 heterocycles. The minimum Gasteiger partial charge on any atom is -0.394 e. The summed E-state index contributed by atoms with van der Waals surface area (Å²) in [6.07, 6.45) is 9.57. The average molecular weight is 316 g/mol. The predicted octanol–water partition coefficient (Wildman–Crippen LogP) is 1.79. The zero-order valence-electron chi connectivity index (χ0n) is 13.7. The highest BCUT2D eigenvalue weighted by Crippen LogP contribution is 2.20. The van der Waals surface area contributed by atoms with Gasteiger partial charge in [0.2, 0.25) is 0 Å². The molecule has 22 heavy (non-hydrogen) atoms. The molecule has 0 radical (unpaired) electrons. The molecule has 1 saturated heterocycles. The lowest BCUT2D eigenvalue weighted by Crippen LogP contribution is -2.41. The predicted molar refractivity (Wildman–Crippen MR) is 85.7 cm³/mol. The van der Waals surface area contributed by atoms with Gasteiger partial charge in [-0.05, 0) is 26.2 Å². The van der Waals surface area contributed by atoms with E-state index in [1.165, 1.54) is 32.1 Å². The Morgan fingerprint density at radius 1 is 1.18 bits per heavy atom. The van der Waals surface area contributed by atoms with Crippen LogP contribution in [0.5, 0.6) is 0 Å². The number of hydrogen-bond donors (Lipinski definition) is 3. The molecule has 4 atom stereocenters. The van der Waals surface area contributed by atoms with Crippen LogP contribution in [0.4, 0.5) is 0 Å². The Hall–Kier alpha value is -0.460. The van der Waals surface area contributed by atoms with Gasteiger partial charge in [0.15, 0.2) is 0 Å². The van der Waals surface area contributed by atoms with E-state index < -0.39 is 31.0 Å². The van der Waals surface area contributed by atoms with Crippen LogP contribution < -0.4 is 0 Å². The van der Waals surface area contributed by atoms with Crippen molar-refractivity contribution in [2.24, 2.45) is 0 Å². The fraction of sp³-hybridized carbons (Fsp3) is 0.882. The summed E-state index contributed by atoms with van der Waals surface area (Å²) in [4.78, 5) is 0. The highest BCUT2D eigenvalue weighted by atomic mass is 16.6. The summed E-state index contributed by atoms with van der Waals surface area (Å²) in [6, 6.07) is 0. The van der Waals surface area contributed by atoms with Gasteiger partial charge in [-0.15, -0.1) is 0 Å². The maximum atomic E-state index is 9.97. The Kier molecular flexibility index (Phi) is 10.7. The molecular formula is C17H32O5. The van der Waals surface area contributed by atoms with E-state index in [1.54, 1.807) is 0 Å². The van der Waals surface area contributed by atoms with Crippen molar-refractivity contribution < 1.29 is 24.8 Å². The number of aliphatic hydroxyl groups excluding tert-OH is 3. The Morgan fingerprint density at radius 3 is 2.55 bits per heavy atom. The van der Waals surface area contributed by atoms with Crippen molar-refractivity contribution in [2.75, 3.05) is 19.8 Å². The van der Waals surface area contributed by atoms with E-state index in [9.17, 15) is 10.2 Å². The topological polar surface area (TPSA) is 79.2 Å². The molecule has 0 bridgehead atoms. The molecule has 3 N–H and O–H groups in total. The Bertz CT molecular complexity index is 295. The van der Waals surface area contributed by atoms with Gasteiger partial charge < -0.3 is 24.8 Å². The number of allylic oxidation sites excluding steroid dienone is 2. The van der Waals surface area contributed by atoms with Crippen LogP contribution in [-0.2, 0) is 9.47 Å². The van der Waals surface area contributed by atoms with Crippen LogP contribution in [0.25, 0.3) is 0 Å². The second-order valence-corrected chi connectivity index (χ2v) is 5.93. The summed E-state index contributed by atoms with van der Waals surface area (Å²) in [5.74, 6) is 0. The van der Waals surface area contributed by atoms with Crippen molar-refractivity contribution in [3.63, 3.8) is 0 Å². The quantitative estimate of drug-likeness (QED) is 0.378. The molecule has 0 aromatic heterocycles. The van der Waals surface area contributed by atoms with E-state index in [4.69, 9.17) is 14.6 Å². The van der Waals surface area contributed by atoms with Crippen LogP contribution in [0, 0.1) is 0 Å². The zero-order valence-corrected chi connectivity index (χ0v) is 13.7. The molecule has 5 nitrogen and oxygen atoms in total. The lowest BCUT2D eigenvalue weighted by molar-refractivity contribution is -0.0730. The summed E-state index contributed by atoms with van der Waals surface area (Å²) >= 11 is 0. The smallest absolute Gasteiger partial charge is 0.114 e. The third-order valence-electron chi connectivity index (χ3n) is 4.07. The molecule has 5 heteroatoms. The van der Waals surface area contributed by atoms with E-state index in [0.717, 1.165) is 12.8 Å². The average Bonchev–Trinajstić information content (AvgIpc) is 2.89. The van der Waals surface area contributed by atoms with Crippen molar-refractivity contribution >= 4 is 0 Å². The molecule has 0 aromatic carbocycles. The second-order valence-electron chi connectivity index (χ2n) is 5.93. The SMILES string of the molecule is C/C=C/CCCCCCCCO[C@@H]1CO[C@@H]([C@@H](O)CO)[C@H]1O. The number of aliphatic hydroxyl groups is 3. The summed E-state index contributed by atoms with van der Waals surface area (Å²) < 4.78 is 10.9. The van der Waals surface area contributed by atoms with Gasteiger partial charge in [0.05, 0.1) is 13.2 Å². The molecule has 0 spiro atoms.